The number of phenols is 1. The van der Waals surface area contributed by atoms with E-state index in [1.54, 1.807) is 16.8 Å². The quantitative estimate of drug-likeness (QED) is 0.262. The Morgan fingerprint density at radius 2 is 1.93 bits per heavy atom. The van der Waals surface area contributed by atoms with Gasteiger partial charge in [-0.2, -0.15) is 4.39 Å². The van der Waals surface area contributed by atoms with Gasteiger partial charge in [0.2, 0.25) is 11.9 Å². The van der Waals surface area contributed by atoms with Gasteiger partial charge >= 0.3 is 0 Å². The number of primary amides is 1. The molecule has 0 saturated carbocycles. The molecule has 1 saturated heterocycles. The molecule has 12 nitrogen and oxygen atoms in total. The fraction of sp³-hybridized carbons (Fsp3) is 0.387. The first-order chi connectivity index (χ1) is 21.6. The van der Waals surface area contributed by atoms with Crippen molar-refractivity contribution in [1.29, 1.82) is 0 Å². The van der Waals surface area contributed by atoms with Crippen LogP contribution >= 0.6 is 23.2 Å². The second-order valence-electron chi connectivity index (χ2n) is 12.8. The average Bonchev–Trinajstić information content (AvgIpc) is 3.48. The van der Waals surface area contributed by atoms with Crippen LogP contribution in [0.2, 0.25) is 10.0 Å². The zero-order chi connectivity index (χ0) is 33.2. The van der Waals surface area contributed by atoms with Crippen molar-refractivity contribution in [1.82, 2.24) is 24.0 Å². The van der Waals surface area contributed by atoms with Gasteiger partial charge in [0.05, 0.1) is 21.7 Å². The number of carbonyl (C=O) groups excluding carboxylic acids is 2. The van der Waals surface area contributed by atoms with Gasteiger partial charge in [-0.05, 0) is 37.1 Å². The molecular formula is C31H33Cl2FN8O4. The summed E-state index contributed by atoms with van der Waals surface area (Å²) in [5.41, 5.74) is 5.66. The lowest BCUT2D eigenvalue weighted by Gasteiger charge is -2.39. The Labute approximate surface area is 273 Å². The van der Waals surface area contributed by atoms with Gasteiger partial charge < -0.3 is 30.5 Å². The summed E-state index contributed by atoms with van der Waals surface area (Å²) in [6.07, 6.45) is 2.10. The Kier molecular flexibility index (Phi) is 7.98. The van der Waals surface area contributed by atoms with Crippen molar-refractivity contribution in [2.24, 2.45) is 11.1 Å². The van der Waals surface area contributed by atoms with Crippen molar-refractivity contribution in [3.63, 3.8) is 0 Å². The van der Waals surface area contributed by atoms with Crippen LogP contribution in [0.3, 0.4) is 0 Å². The molecule has 1 fully saturated rings. The predicted molar refractivity (Wildman–Crippen MR) is 174 cm³/mol. The molecule has 4 N–H and O–H groups in total. The number of nitrogens with two attached hydrogens (primary N) is 1. The van der Waals surface area contributed by atoms with Crippen LogP contribution in [-0.2, 0) is 24.3 Å². The lowest BCUT2D eigenvalue weighted by molar-refractivity contribution is -0.116. The summed E-state index contributed by atoms with van der Waals surface area (Å²) in [6.45, 7) is 8.35. The van der Waals surface area contributed by atoms with E-state index in [1.165, 1.54) is 16.7 Å². The molecular weight excluding hydrogens is 638 g/mol. The molecule has 0 aliphatic carbocycles. The lowest BCUT2D eigenvalue weighted by atomic mass is 9.92. The predicted octanol–water partition coefficient (Wildman–Crippen LogP) is 3.87. The number of hydrogen-bond acceptors (Lipinski definition) is 8. The first-order valence-electron chi connectivity index (χ1n) is 14.7. The van der Waals surface area contributed by atoms with Gasteiger partial charge in [-0.3, -0.25) is 19.0 Å². The third-order valence-corrected chi connectivity index (χ3v) is 9.18. The molecule has 0 unspecified atom stereocenters. The fourth-order valence-electron chi connectivity index (χ4n) is 6.35. The van der Waals surface area contributed by atoms with E-state index in [2.05, 4.69) is 15.2 Å². The number of amides is 2. The second-order valence-corrected chi connectivity index (χ2v) is 13.6. The van der Waals surface area contributed by atoms with Gasteiger partial charge in [0.15, 0.2) is 0 Å². The standard InChI is InChI=1S/C31H33Cl2FN8O4/c1-15-11-39(4)5-6-41(15)21-9-20(25(33)27(34)37-21)36-23(43)13-40-12-18(16-7-17(28(35)45)26(44)19(32)8-16)24-29(40)38-22-10-31(2,3)14-42(22)30(24)46/h7-9,12,15,44H,5-6,10-11,13-14H2,1-4H3,(H2,35,45)(H,36,37,43)/t15-/m0/s1. The SMILES string of the molecule is C[C@H]1CN(C)CCN1c1cc(NC(=O)Cn2cc(-c3cc(Cl)c(O)c(C(N)=O)c3)c3c(=O)n4c(nc32)CC(C)(C)C4)c(Cl)c(F)n1. The lowest BCUT2D eigenvalue weighted by Crippen LogP contribution is -2.50. The van der Waals surface area contributed by atoms with E-state index in [0.29, 0.717) is 42.3 Å². The highest BCUT2D eigenvalue weighted by Gasteiger charge is 2.33. The maximum absolute atomic E-state index is 14.9. The van der Waals surface area contributed by atoms with Gasteiger partial charge in [0.1, 0.15) is 34.6 Å². The van der Waals surface area contributed by atoms with E-state index in [-0.39, 0.29) is 55.9 Å². The Hall–Kier alpha value is -4.20. The Morgan fingerprint density at radius 3 is 2.63 bits per heavy atom. The number of pyridine rings is 1. The van der Waals surface area contributed by atoms with E-state index in [4.69, 9.17) is 33.9 Å². The number of piperazine rings is 1. The number of fused-ring (bicyclic) bond motifs is 2. The highest BCUT2D eigenvalue weighted by atomic mass is 35.5. The average molecular weight is 672 g/mol. The maximum atomic E-state index is 14.9. The van der Waals surface area contributed by atoms with Crippen LogP contribution < -0.4 is 21.5 Å². The first-order valence-corrected chi connectivity index (χ1v) is 15.5. The summed E-state index contributed by atoms with van der Waals surface area (Å²) < 4.78 is 18.0. The molecule has 1 aromatic carbocycles. The van der Waals surface area contributed by atoms with E-state index in [9.17, 15) is 23.9 Å². The number of hydrogen-bond donors (Lipinski definition) is 3. The monoisotopic (exact) mass is 670 g/mol. The second kappa shape index (κ2) is 11.6. The van der Waals surface area contributed by atoms with Gasteiger partial charge in [0.25, 0.3) is 11.5 Å². The number of halogens is 3. The van der Waals surface area contributed by atoms with Crippen molar-refractivity contribution >= 4 is 57.6 Å². The summed E-state index contributed by atoms with van der Waals surface area (Å²) in [5, 5.41) is 12.7. The van der Waals surface area contributed by atoms with Crippen molar-refractivity contribution < 1.29 is 19.1 Å². The molecule has 2 aliphatic heterocycles. The van der Waals surface area contributed by atoms with Gasteiger partial charge in [-0.1, -0.05) is 37.0 Å². The molecule has 6 rings (SSSR count). The van der Waals surface area contributed by atoms with Gasteiger partial charge in [-0.15, -0.1) is 0 Å². The van der Waals surface area contributed by atoms with Crippen molar-refractivity contribution in [3.05, 3.63) is 62.1 Å². The molecule has 0 bridgehead atoms. The number of rotatable bonds is 6. The fourth-order valence-corrected chi connectivity index (χ4v) is 6.71. The minimum atomic E-state index is -0.909. The zero-order valence-electron chi connectivity index (χ0n) is 25.7. The molecule has 242 valence electrons. The number of aromatic nitrogens is 4. The smallest absolute Gasteiger partial charge is 0.263 e. The van der Waals surface area contributed by atoms with Gasteiger partial charge in [-0.25, -0.2) is 9.97 Å². The van der Waals surface area contributed by atoms with E-state index >= 15 is 0 Å². The largest absolute Gasteiger partial charge is 0.506 e. The van der Waals surface area contributed by atoms with E-state index < -0.39 is 23.5 Å². The normalized spacial score (nSPS) is 17.8. The number of carbonyl (C=O) groups is 2. The molecule has 4 aromatic rings. The number of aromatic hydroxyl groups is 1. The number of nitrogens with one attached hydrogen (secondary N) is 1. The first kappa shape index (κ1) is 31.8. The molecule has 5 heterocycles. The third-order valence-electron chi connectivity index (χ3n) is 8.53. The van der Waals surface area contributed by atoms with Crippen LogP contribution in [-0.4, -0.2) is 73.6 Å². The van der Waals surface area contributed by atoms with Crippen molar-refractivity contribution in [2.75, 3.05) is 36.9 Å². The highest BCUT2D eigenvalue weighted by Crippen LogP contribution is 2.38. The van der Waals surface area contributed by atoms with Crippen LogP contribution in [0.1, 0.15) is 37.0 Å². The highest BCUT2D eigenvalue weighted by molar-refractivity contribution is 6.34. The molecule has 3 aromatic heterocycles. The molecule has 15 heteroatoms. The maximum Gasteiger partial charge on any atom is 0.263 e. The van der Waals surface area contributed by atoms with Crippen molar-refractivity contribution in [2.45, 2.75) is 46.3 Å². The van der Waals surface area contributed by atoms with Crippen LogP contribution in [0.25, 0.3) is 22.2 Å². The summed E-state index contributed by atoms with van der Waals surface area (Å²) in [5.74, 6) is -1.93. The Balaban J connectivity index is 1.41. The van der Waals surface area contributed by atoms with Crippen LogP contribution in [0.15, 0.2) is 29.2 Å². The number of anilines is 2. The van der Waals surface area contributed by atoms with Gasteiger partial charge in [0, 0.05) is 56.5 Å². The molecule has 0 spiro atoms. The molecule has 0 radical (unpaired) electrons. The Morgan fingerprint density at radius 1 is 1.20 bits per heavy atom. The van der Waals surface area contributed by atoms with E-state index in [0.717, 1.165) is 13.1 Å². The third kappa shape index (κ3) is 5.67. The minimum Gasteiger partial charge on any atom is -0.506 e. The van der Waals surface area contributed by atoms with Crippen molar-refractivity contribution in [3.8, 4) is 16.9 Å². The molecule has 2 amide bonds. The number of nitrogens with zero attached hydrogens (tertiary/aromatic N) is 6. The molecule has 2 aliphatic rings. The molecule has 46 heavy (non-hydrogen) atoms. The summed E-state index contributed by atoms with van der Waals surface area (Å²) >= 11 is 12.5. The topological polar surface area (TPSA) is 152 Å². The molecule has 1 atom stereocenters. The van der Waals surface area contributed by atoms with Crippen LogP contribution in [0.4, 0.5) is 15.9 Å². The zero-order valence-corrected chi connectivity index (χ0v) is 27.2. The van der Waals surface area contributed by atoms with E-state index in [1.807, 2.05) is 32.7 Å². The minimum absolute atomic E-state index is 0.0560. The van der Waals surface area contributed by atoms with Crippen LogP contribution in [0.5, 0.6) is 5.75 Å². The number of likely N-dealkylation sites (N-methyl/N-ethyl adjacent to an activating group) is 1. The number of benzene rings is 1. The Bertz CT molecular complexity index is 1990. The van der Waals surface area contributed by atoms with Crippen LogP contribution in [0, 0.1) is 11.4 Å². The summed E-state index contributed by atoms with van der Waals surface area (Å²) in [4.78, 5) is 52.5. The summed E-state index contributed by atoms with van der Waals surface area (Å²) in [7, 11) is 2.01. The summed E-state index contributed by atoms with van der Waals surface area (Å²) in [6, 6.07) is 4.35.